The van der Waals surface area contributed by atoms with Gasteiger partial charge in [-0.2, -0.15) is 0 Å². The zero-order chi connectivity index (χ0) is 26.0. The van der Waals surface area contributed by atoms with E-state index in [0.29, 0.717) is 13.1 Å². The zero-order valence-corrected chi connectivity index (χ0v) is 21.2. The van der Waals surface area contributed by atoms with Crippen LogP contribution >= 0.6 is 0 Å². The highest BCUT2D eigenvalue weighted by Gasteiger charge is 2.35. The molecular weight excluding hydrogens is 454 g/mol. The van der Waals surface area contributed by atoms with Crippen molar-refractivity contribution in [1.29, 1.82) is 0 Å². The third kappa shape index (κ3) is 9.46. The second-order valence-corrected chi connectivity index (χ2v) is 9.41. The first-order valence-electron chi connectivity index (χ1n) is 11.9. The van der Waals surface area contributed by atoms with Gasteiger partial charge in [-0.3, -0.25) is 9.59 Å². The molecule has 2 unspecified atom stereocenters. The molecule has 0 radical (unpaired) electrons. The van der Waals surface area contributed by atoms with Crippen molar-refractivity contribution in [2.45, 2.75) is 71.8 Å². The van der Waals surface area contributed by atoms with E-state index in [1.54, 1.807) is 37.5 Å². The van der Waals surface area contributed by atoms with Gasteiger partial charge in [0.15, 0.2) is 0 Å². The summed E-state index contributed by atoms with van der Waals surface area (Å²) in [7, 11) is 0. The van der Waals surface area contributed by atoms with Crippen LogP contribution in [-0.4, -0.2) is 77.8 Å². The molecule has 0 aromatic heterocycles. The first kappa shape index (κ1) is 27.9. The highest BCUT2D eigenvalue weighted by molar-refractivity contribution is 5.86. The average molecular weight is 492 g/mol. The summed E-state index contributed by atoms with van der Waals surface area (Å²) in [6, 6.07) is 7.89. The lowest BCUT2D eigenvalue weighted by Crippen LogP contribution is -2.59. The van der Waals surface area contributed by atoms with Gasteiger partial charge in [0.25, 0.3) is 0 Å². The number of ether oxygens (including phenoxy) is 3. The van der Waals surface area contributed by atoms with E-state index in [1.807, 2.05) is 37.3 Å². The molecule has 35 heavy (non-hydrogen) atoms. The number of amides is 3. The highest BCUT2D eigenvalue weighted by atomic mass is 16.6. The molecule has 0 aliphatic carbocycles. The van der Waals surface area contributed by atoms with Crippen LogP contribution in [0.2, 0.25) is 0 Å². The molecule has 2 atom stereocenters. The molecule has 0 spiro atoms. The lowest BCUT2D eigenvalue weighted by molar-refractivity contribution is -0.155. The van der Waals surface area contributed by atoms with Gasteiger partial charge in [0, 0.05) is 32.1 Å². The number of piperazine rings is 1. The van der Waals surface area contributed by atoms with Gasteiger partial charge in [-0.25, -0.2) is 9.59 Å². The van der Waals surface area contributed by atoms with Crippen LogP contribution in [0.5, 0.6) is 0 Å². The minimum atomic E-state index is -0.984. The lowest BCUT2D eigenvalue weighted by atomic mass is 10.1. The van der Waals surface area contributed by atoms with Crippen LogP contribution in [0.25, 0.3) is 0 Å². The van der Waals surface area contributed by atoms with Crippen LogP contribution in [0, 0.1) is 0 Å². The summed E-state index contributed by atoms with van der Waals surface area (Å²) in [4.78, 5) is 53.3. The summed E-state index contributed by atoms with van der Waals surface area (Å²) < 4.78 is 15.7. The number of alkyl carbamates (subject to hydrolysis) is 1. The summed E-state index contributed by atoms with van der Waals surface area (Å²) in [5.74, 6) is -0.809. The summed E-state index contributed by atoms with van der Waals surface area (Å²) in [6.07, 6.45) is -1.17. The third-order valence-corrected chi connectivity index (χ3v) is 5.30. The van der Waals surface area contributed by atoms with Crippen molar-refractivity contribution in [2.75, 3.05) is 26.2 Å². The van der Waals surface area contributed by atoms with E-state index < -0.39 is 29.8 Å². The zero-order valence-electron chi connectivity index (χ0n) is 21.2. The van der Waals surface area contributed by atoms with Crippen molar-refractivity contribution in [3.8, 4) is 0 Å². The number of benzene rings is 1. The van der Waals surface area contributed by atoms with Crippen LogP contribution in [0.15, 0.2) is 30.3 Å². The summed E-state index contributed by atoms with van der Waals surface area (Å²) in [5, 5.41) is 2.61. The van der Waals surface area contributed by atoms with Gasteiger partial charge in [-0.05, 0) is 46.6 Å². The smallest absolute Gasteiger partial charge is 0.409 e. The van der Waals surface area contributed by atoms with Crippen LogP contribution in [0.4, 0.5) is 9.59 Å². The SMILES string of the molecule is CCOC(=O)N1CCN(C(=O)C(CCC(=O)OC(C)(C)C)NC(=O)OCc2ccccc2)C(C)C1. The fraction of sp³-hybridized carbons (Fsp3) is 0.600. The van der Waals surface area contributed by atoms with E-state index in [0.717, 1.165) is 5.56 Å². The number of nitrogens with zero attached hydrogens (tertiary/aromatic N) is 2. The Labute approximate surface area is 206 Å². The summed E-state index contributed by atoms with van der Waals surface area (Å²) >= 11 is 0. The maximum atomic E-state index is 13.4. The second kappa shape index (κ2) is 13.0. The van der Waals surface area contributed by atoms with E-state index in [1.165, 1.54) is 0 Å². The van der Waals surface area contributed by atoms with Crippen LogP contribution in [-0.2, 0) is 30.4 Å². The highest BCUT2D eigenvalue weighted by Crippen LogP contribution is 2.16. The van der Waals surface area contributed by atoms with Gasteiger partial charge in [-0.15, -0.1) is 0 Å². The average Bonchev–Trinajstić information content (AvgIpc) is 2.79. The van der Waals surface area contributed by atoms with E-state index in [-0.39, 0.29) is 44.5 Å². The maximum Gasteiger partial charge on any atom is 0.409 e. The fourth-order valence-electron chi connectivity index (χ4n) is 3.68. The quantitative estimate of drug-likeness (QED) is 0.439. The van der Waals surface area contributed by atoms with Crippen molar-refractivity contribution in [3.63, 3.8) is 0 Å². The molecule has 3 amide bonds. The number of hydrogen-bond acceptors (Lipinski definition) is 7. The molecule has 1 aliphatic rings. The first-order chi connectivity index (χ1) is 16.5. The lowest BCUT2D eigenvalue weighted by Gasteiger charge is -2.40. The van der Waals surface area contributed by atoms with Crippen LogP contribution < -0.4 is 5.32 Å². The Balaban J connectivity index is 2.04. The van der Waals surface area contributed by atoms with Crippen molar-refractivity contribution >= 4 is 24.1 Å². The molecule has 10 nitrogen and oxygen atoms in total. The Kier molecular flexibility index (Phi) is 10.4. The molecule has 194 valence electrons. The fourth-order valence-corrected chi connectivity index (χ4v) is 3.68. The van der Waals surface area contributed by atoms with Gasteiger partial charge >= 0.3 is 18.2 Å². The predicted molar refractivity (Wildman–Crippen MR) is 128 cm³/mol. The van der Waals surface area contributed by atoms with Crippen LogP contribution in [0.1, 0.15) is 53.0 Å². The Morgan fingerprint density at radius 2 is 1.77 bits per heavy atom. The first-order valence-corrected chi connectivity index (χ1v) is 11.9. The number of esters is 1. The molecule has 2 rings (SSSR count). The van der Waals surface area contributed by atoms with Crippen molar-refractivity contribution in [3.05, 3.63) is 35.9 Å². The van der Waals surface area contributed by atoms with Gasteiger partial charge in [0.1, 0.15) is 18.2 Å². The topological polar surface area (TPSA) is 114 Å². The minimum absolute atomic E-state index is 0.0499. The molecule has 1 aromatic rings. The van der Waals surface area contributed by atoms with Crippen LogP contribution in [0.3, 0.4) is 0 Å². The molecule has 10 heteroatoms. The number of hydrogen-bond donors (Lipinski definition) is 1. The molecular formula is C25H37N3O7. The Bertz CT molecular complexity index is 870. The maximum absolute atomic E-state index is 13.4. The van der Waals surface area contributed by atoms with Gasteiger partial charge in [0.05, 0.1) is 6.61 Å². The van der Waals surface area contributed by atoms with Gasteiger partial charge in [-0.1, -0.05) is 30.3 Å². The van der Waals surface area contributed by atoms with E-state index in [2.05, 4.69) is 5.32 Å². The van der Waals surface area contributed by atoms with Gasteiger partial charge < -0.3 is 29.3 Å². The Morgan fingerprint density at radius 3 is 2.37 bits per heavy atom. The minimum Gasteiger partial charge on any atom is -0.460 e. The number of rotatable bonds is 8. The molecule has 1 saturated heterocycles. The molecule has 1 heterocycles. The number of nitrogens with one attached hydrogen (secondary N) is 1. The largest absolute Gasteiger partial charge is 0.460 e. The molecule has 0 bridgehead atoms. The number of carbonyl (C=O) groups is 4. The Hall–Kier alpha value is -3.30. The number of carbonyl (C=O) groups excluding carboxylic acids is 4. The molecule has 1 aliphatic heterocycles. The monoisotopic (exact) mass is 491 g/mol. The molecule has 0 saturated carbocycles. The molecule has 1 fully saturated rings. The Morgan fingerprint density at radius 1 is 1.09 bits per heavy atom. The molecule has 1 aromatic carbocycles. The van der Waals surface area contributed by atoms with Crippen molar-refractivity contribution in [1.82, 2.24) is 15.1 Å². The summed E-state index contributed by atoms with van der Waals surface area (Å²) in [5.41, 5.74) is 0.152. The van der Waals surface area contributed by atoms with E-state index >= 15 is 0 Å². The van der Waals surface area contributed by atoms with Crippen molar-refractivity contribution < 1.29 is 33.4 Å². The van der Waals surface area contributed by atoms with E-state index in [4.69, 9.17) is 14.2 Å². The second-order valence-electron chi connectivity index (χ2n) is 9.41. The molecule has 1 N–H and O–H groups in total. The predicted octanol–water partition coefficient (Wildman–Crippen LogP) is 3.09. The standard InChI is InChI=1S/C25H37N3O7/c1-6-33-24(32)27-14-15-28(18(2)16-27)22(30)20(12-13-21(29)35-25(3,4)5)26-23(31)34-17-19-10-8-7-9-11-19/h7-11,18,20H,6,12-17H2,1-5H3,(H,26,31). The van der Waals surface area contributed by atoms with E-state index in [9.17, 15) is 19.2 Å². The van der Waals surface area contributed by atoms with Gasteiger partial charge in [0.2, 0.25) is 5.91 Å². The van der Waals surface area contributed by atoms with Crippen molar-refractivity contribution in [2.24, 2.45) is 0 Å². The summed E-state index contributed by atoms with van der Waals surface area (Å²) in [6.45, 7) is 10.1. The normalized spacial score (nSPS) is 16.8. The third-order valence-electron chi connectivity index (χ3n) is 5.30.